The van der Waals surface area contributed by atoms with Gasteiger partial charge in [-0.25, -0.2) is 13.4 Å². The van der Waals surface area contributed by atoms with Crippen molar-refractivity contribution >= 4 is 26.5 Å². The van der Waals surface area contributed by atoms with Gasteiger partial charge in [0.15, 0.2) is 0 Å². The summed E-state index contributed by atoms with van der Waals surface area (Å²) in [5.41, 5.74) is 2.86. The van der Waals surface area contributed by atoms with Crippen LogP contribution in [0.2, 0.25) is 0 Å². The fourth-order valence-corrected chi connectivity index (χ4v) is 4.71. The number of aryl methyl sites for hydroxylation is 2. The summed E-state index contributed by atoms with van der Waals surface area (Å²) in [6, 6.07) is 18.9. The number of methoxy groups -OCH3 is 2. The molecule has 0 saturated carbocycles. The van der Waals surface area contributed by atoms with Gasteiger partial charge in [-0.1, -0.05) is 12.1 Å². The molecule has 0 fully saturated rings. The molecule has 0 radical (unpaired) electrons. The summed E-state index contributed by atoms with van der Waals surface area (Å²) in [4.78, 5) is 4.69. The van der Waals surface area contributed by atoms with Gasteiger partial charge in [0.25, 0.3) is 0 Å². The number of benzene rings is 3. The standard InChI is InChI=1S/C25H23NO5S/c1-16-8-11-22(12-17(16)2)32(27,28)24-13-18-9-10-21(30-4)15-23(18)31-25(24)26-19-6-5-7-20(14-19)29-3/h5-15H,1-4H3. The normalized spacial score (nSPS) is 12.2. The van der Waals surface area contributed by atoms with E-state index >= 15 is 0 Å². The van der Waals surface area contributed by atoms with Gasteiger partial charge in [-0.2, -0.15) is 0 Å². The van der Waals surface area contributed by atoms with Crippen LogP contribution in [0.25, 0.3) is 11.0 Å². The Hall–Kier alpha value is -3.58. The van der Waals surface area contributed by atoms with Gasteiger partial charge < -0.3 is 13.9 Å². The lowest BCUT2D eigenvalue weighted by molar-refractivity contribution is 0.413. The number of ether oxygens (including phenoxy) is 2. The first-order valence-electron chi connectivity index (χ1n) is 9.95. The molecule has 0 unspecified atom stereocenters. The van der Waals surface area contributed by atoms with Gasteiger partial charge in [-0.05, 0) is 67.4 Å². The zero-order chi connectivity index (χ0) is 22.9. The van der Waals surface area contributed by atoms with E-state index in [2.05, 4.69) is 4.99 Å². The molecule has 7 heteroatoms. The van der Waals surface area contributed by atoms with Gasteiger partial charge in [0, 0.05) is 17.5 Å². The van der Waals surface area contributed by atoms with E-state index < -0.39 is 9.84 Å². The van der Waals surface area contributed by atoms with Crippen LogP contribution in [0, 0.1) is 13.8 Å². The van der Waals surface area contributed by atoms with E-state index in [1.807, 2.05) is 13.8 Å². The van der Waals surface area contributed by atoms with Crippen molar-refractivity contribution in [3.05, 3.63) is 83.4 Å². The second-order valence-electron chi connectivity index (χ2n) is 7.38. The van der Waals surface area contributed by atoms with Crippen LogP contribution in [0.5, 0.6) is 11.5 Å². The van der Waals surface area contributed by atoms with Gasteiger partial charge in [-0.15, -0.1) is 0 Å². The number of hydrogen-bond acceptors (Lipinski definition) is 6. The number of rotatable bonds is 5. The minimum atomic E-state index is -3.90. The van der Waals surface area contributed by atoms with Crippen LogP contribution in [-0.2, 0) is 9.84 Å². The molecule has 0 aliphatic heterocycles. The largest absolute Gasteiger partial charge is 0.497 e. The summed E-state index contributed by atoms with van der Waals surface area (Å²) < 4.78 is 43.8. The van der Waals surface area contributed by atoms with Crippen molar-refractivity contribution in [3.8, 4) is 11.5 Å². The van der Waals surface area contributed by atoms with E-state index in [1.54, 1.807) is 80.9 Å². The van der Waals surface area contributed by atoms with E-state index in [4.69, 9.17) is 13.9 Å². The van der Waals surface area contributed by atoms with Crippen molar-refractivity contribution in [3.63, 3.8) is 0 Å². The third-order valence-corrected chi connectivity index (χ3v) is 7.03. The van der Waals surface area contributed by atoms with Crippen LogP contribution in [0.1, 0.15) is 11.1 Å². The molecule has 0 saturated heterocycles. The van der Waals surface area contributed by atoms with Crippen LogP contribution >= 0.6 is 0 Å². The Bertz CT molecular complexity index is 1490. The number of nitrogens with zero attached hydrogens (tertiary/aromatic N) is 1. The fraction of sp³-hybridized carbons (Fsp3) is 0.160. The maximum atomic E-state index is 13.6. The molecule has 4 rings (SSSR count). The smallest absolute Gasteiger partial charge is 0.239 e. The van der Waals surface area contributed by atoms with E-state index in [-0.39, 0.29) is 15.3 Å². The predicted molar refractivity (Wildman–Crippen MR) is 122 cm³/mol. The highest BCUT2D eigenvalue weighted by Gasteiger charge is 2.23. The second-order valence-corrected chi connectivity index (χ2v) is 9.30. The first-order valence-corrected chi connectivity index (χ1v) is 11.4. The van der Waals surface area contributed by atoms with Gasteiger partial charge in [0.2, 0.25) is 15.4 Å². The zero-order valence-corrected chi connectivity index (χ0v) is 19.1. The summed E-state index contributed by atoms with van der Waals surface area (Å²) in [6.45, 7) is 3.82. The Morgan fingerprint density at radius 2 is 1.56 bits per heavy atom. The van der Waals surface area contributed by atoms with E-state index in [0.29, 0.717) is 28.2 Å². The minimum Gasteiger partial charge on any atom is -0.497 e. The van der Waals surface area contributed by atoms with Gasteiger partial charge in [0.1, 0.15) is 22.0 Å². The van der Waals surface area contributed by atoms with Crippen LogP contribution in [0.15, 0.2) is 85.9 Å². The van der Waals surface area contributed by atoms with E-state index in [1.165, 1.54) is 0 Å². The lowest BCUT2D eigenvalue weighted by atomic mass is 10.1. The van der Waals surface area contributed by atoms with Crippen LogP contribution in [0.3, 0.4) is 0 Å². The van der Waals surface area contributed by atoms with Gasteiger partial charge in [0.05, 0.1) is 24.8 Å². The van der Waals surface area contributed by atoms with Crippen molar-refractivity contribution in [1.82, 2.24) is 0 Å². The fourth-order valence-electron chi connectivity index (χ4n) is 3.28. The first kappa shape index (κ1) is 21.6. The molecule has 1 aromatic heterocycles. The molecule has 0 atom stereocenters. The van der Waals surface area contributed by atoms with Gasteiger partial charge in [-0.3, -0.25) is 0 Å². The average Bonchev–Trinajstić information content (AvgIpc) is 2.80. The Labute approximate surface area is 186 Å². The first-order chi connectivity index (χ1) is 15.3. The molecule has 3 aromatic carbocycles. The van der Waals surface area contributed by atoms with Crippen LogP contribution < -0.4 is 15.0 Å². The van der Waals surface area contributed by atoms with Gasteiger partial charge >= 0.3 is 0 Å². The third kappa shape index (κ3) is 4.11. The lowest BCUT2D eigenvalue weighted by Crippen LogP contribution is -2.16. The van der Waals surface area contributed by atoms with E-state index in [0.717, 1.165) is 11.1 Å². The monoisotopic (exact) mass is 449 g/mol. The number of fused-ring (bicyclic) bond motifs is 1. The minimum absolute atomic E-state index is 0.0127. The number of hydrogen-bond donors (Lipinski definition) is 0. The quantitative estimate of drug-likeness (QED) is 0.422. The molecule has 0 spiro atoms. The Morgan fingerprint density at radius 3 is 2.28 bits per heavy atom. The molecule has 0 amide bonds. The van der Waals surface area contributed by atoms with Crippen molar-refractivity contribution in [1.29, 1.82) is 0 Å². The molecule has 0 bridgehead atoms. The molecule has 4 aromatic rings. The Balaban J connectivity index is 2.02. The Kier molecular flexibility index (Phi) is 5.76. The predicted octanol–water partition coefficient (Wildman–Crippen LogP) is 5.13. The highest BCUT2D eigenvalue weighted by atomic mass is 32.2. The maximum Gasteiger partial charge on any atom is 0.239 e. The topological polar surface area (TPSA) is 78.1 Å². The second kappa shape index (κ2) is 8.51. The molecule has 0 N–H and O–H groups in total. The summed E-state index contributed by atoms with van der Waals surface area (Å²) in [7, 11) is -0.788. The van der Waals surface area contributed by atoms with Crippen molar-refractivity contribution < 1.29 is 22.3 Å². The van der Waals surface area contributed by atoms with Crippen LogP contribution in [-0.4, -0.2) is 22.6 Å². The molecular weight excluding hydrogens is 426 g/mol. The SMILES string of the molecule is COc1cccc(N=c2oc3cc(OC)ccc3cc2S(=O)(=O)c2ccc(C)c(C)c2)c1. The van der Waals surface area contributed by atoms with Crippen LogP contribution in [0.4, 0.5) is 5.69 Å². The average molecular weight is 450 g/mol. The highest BCUT2D eigenvalue weighted by molar-refractivity contribution is 7.91. The molecule has 1 heterocycles. The third-order valence-electron chi connectivity index (χ3n) is 5.29. The maximum absolute atomic E-state index is 13.6. The van der Waals surface area contributed by atoms with E-state index in [9.17, 15) is 8.42 Å². The summed E-state index contributed by atoms with van der Waals surface area (Å²) in [6.07, 6.45) is 0. The zero-order valence-electron chi connectivity index (χ0n) is 18.2. The summed E-state index contributed by atoms with van der Waals surface area (Å²) in [5, 5.41) is 0.623. The summed E-state index contributed by atoms with van der Waals surface area (Å²) in [5.74, 6) is 1.20. The molecular formula is C25H23NO5S. The van der Waals surface area contributed by atoms with Crippen molar-refractivity contribution in [2.24, 2.45) is 4.99 Å². The van der Waals surface area contributed by atoms with Crippen molar-refractivity contribution in [2.75, 3.05) is 14.2 Å². The lowest BCUT2D eigenvalue weighted by Gasteiger charge is -2.09. The molecule has 32 heavy (non-hydrogen) atoms. The highest BCUT2D eigenvalue weighted by Crippen LogP contribution is 2.27. The molecule has 6 nitrogen and oxygen atoms in total. The molecule has 0 aliphatic rings. The summed E-state index contributed by atoms with van der Waals surface area (Å²) >= 11 is 0. The molecule has 164 valence electrons. The molecule has 0 aliphatic carbocycles. The number of sulfone groups is 1. The Morgan fingerprint density at radius 1 is 0.812 bits per heavy atom. The van der Waals surface area contributed by atoms with Crippen molar-refractivity contribution in [2.45, 2.75) is 23.6 Å².